The lowest BCUT2D eigenvalue weighted by Crippen LogP contribution is -2.36. The van der Waals surface area contributed by atoms with E-state index < -0.39 is 0 Å². The Hall–Kier alpha value is -0.0400. The molecule has 0 atom stereocenters. The van der Waals surface area contributed by atoms with Crippen molar-refractivity contribution in [1.29, 1.82) is 0 Å². The lowest BCUT2D eigenvalue weighted by Gasteiger charge is -2.37. The summed E-state index contributed by atoms with van der Waals surface area (Å²) in [4.78, 5) is 0. The molecule has 1 nitrogen and oxygen atoms in total. The summed E-state index contributed by atoms with van der Waals surface area (Å²) in [7, 11) is 0. The molecular formula is C19H37N. The molecule has 2 fully saturated rings. The first-order valence-electron chi connectivity index (χ1n) is 9.29. The van der Waals surface area contributed by atoms with E-state index in [0.717, 1.165) is 17.9 Å². The third-order valence-electron chi connectivity index (χ3n) is 5.87. The maximum Gasteiger partial charge on any atom is 0.00671 e. The molecular weight excluding hydrogens is 242 g/mol. The molecule has 2 aliphatic carbocycles. The van der Waals surface area contributed by atoms with Crippen LogP contribution in [0.25, 0.3) is 0 Å². The predicted octanol–water partition coefficient (Wildman–Crippen LogP) is 5.54. The second kappa shape index (κ2) is 7.82. The van der Waals surface area contributed by atoms with Crippen molar-refractivity contribution in [3.63, 3.8) is 0 Å². The van der Waals surface area contributed by atoms with Gasteiger partial charge >= 0.3 is 0 Å². The summed E-state index contributed by atoms with van der Waals surface area (Å²) in [5.41, 5.74) is 0.526. The van der Waals surface area contributed by atoms with E-state index in [0.29, 0.717) is 5.41 Å². The molecule has 0 spiro atoms. The van der Waals surface area contributed by atoms with Gasteiger partial charge in [0.25, 0.3) is 0 Å². The largest absolute Gasteiger partial charge is 0.314 e. The van der Waals surface area contributed by atoms with Crippen molar-refractivity contribution >= 4 is 0 Å². The van der Waals surface area contributed by atoms with Crippen LogP contribution in [-0.2, 0) is 0 Å². The summed E-state index contributed by atoms with van der Waals surface area (Å²) < 4.78 is 0. The highest BCUT2D eigenvalue weighted by Gasteiger charge is 2.29. The molecule has 2 saturated carbocycles. The van der Waals surface area contributed by atoms with Crippen molar-refractivity contribution in [2.24, 2.45) is 17.3 Å². The zero-order valence-corrected chi connectivity index (χ0v) is 14.2. The third kappa shape index (κ3) is 5.39. The number of rotatable bonds is 3. The van der Waals surface area contributed by atoms with E-state index in [-0.39, 0.29) is 0 Å². The van der Waals surface area contributed by atoms with Gasteiger partial charge in [-0.25, -0.2) is 0 Å². The van der Waals surface area contributed by atoms with Gasteiger partial charge in [-0.1, -0.05) is 52.9 Å². The van der Waals surface area contributed by atoms with Gasteiger partial charge in [-0.2, -0.15) is 0 Å². The highest BCUT2D eigenvalue weighted by molar-refractivity contribution is 4.82. The van der Waals surface area contributed by atoms with E-state index in [1.54, 1.807) is 0 Å². The quantitative estimate of drug-likeness (QED) is 0.715. The SMILES string of the molecule is CC(C)(C)C1CCC(CNC2CCCCCCC2)CC1. The van der Waals surface area contributed by atoms with Gasteiger partial charge in [0, 0.05) is 6.04 Å². The zero-order chi connectivity index (χ0) is 14.4. The van der Waals surface area contributed by atoms with Gasteiger partial charge in [0.05, 0.1) is 0 Å². The molecule has 2 rings (SSSR count). The van der Waals surface area contributed by atoms with Crippen molar-refractivity contribution in [3.05, 3.63) is 0 Å². The minimum Gasteiger partial charge on any atom is -0.314 e. The first-order chi connectivity index (χ1) is 9.55. The second-order valence-corrected chi connectivity index (χ2v) is 8.53. The fraction of sp³-hybridized carbons (Fsp3) is 1.00. The van der Waals surface area contributed by atoms with Gasteiger partial charge in [-0.05, 0) is 62.3 Å². The van der Waals surface area contributed by atoms with Crippen molar-refractivity contribution in [2.45, 2.75) is 97.4 Å². The summed E-state index contributed by atoms with van der Waals surface area (Å²) in [5, 5.41) is 3.91. The van der Waals surface area contributed by atoms with Gasteiger partial charge in [-0.3, -0.25) is 0 Å². The summed E-state index contributed by atoms with van der Waals surface area (Å²) in [6.07, 6.45) is 16.0. The van der Waals surface area contributed by atoms with Gasteiger partial charge in [0.2, 0.25) is 0 Å². The van der Waals surface area contributed by atoms with Crippen molar-refractivity contribution in [2.75, 3.05) is 6.54 Å². The van der Waals surface area contributed by atoms with Crippen LogP contribution in [0.1, 0.15) is 91.4 Å². The molecule has 0 aromatic rings. The van der Waals surface area contributed by atoms with Gasteiger partial charge in [0.1, 0.15) is 0 Å². The number of nitrogens with one attached hydrogen (secondary N) is 1. The van der Waals surface area contributed by atoms with Crippen molar-refractivity contribution in [1.82, 2.24) is 5.32 Å². The zero-order valence-electron chi connectivity index (χ0n) is 14.2. The normalized spacial score (nSPS) is 30.8. The molecule has 0 amide bonds. The smallest absolute Gasteiger partial charge is 0.00671 e. The molecule has 0 saturated heterocycles. The van der Waals surface area contributed by atoms with E-state index in [4.69, 9.17) is 0 Å². The van der Waals surface area contributed by atoms with Crippen LogP contribution in [0.15, 0.2) is 0 Å². The Balaban J connectivity index is 1.65. The Bertz CT molecular complexity index is 249. The fourth-order valence-corrected chi connectivity index (χ4v) is 4.23. The average Bonchev–Trinajstić information content (AvgIpc) is 2.37. The highest BCUT2D eigenvalue weighted by Crippen LogP contribution is 2.39. The molecule has 0 aromatic carbocycles. The van der Waals surface area contributed by atoms with E-state index in [1.807, 2.05) is 0 Å². The standard InChI is InChI=1S/C19H37N/c1-19(2,3)17-13-11-16(12-14-17)15-20-18-9-7-5-4-6-8-10-18/h16-18,20H,4-15H2,1-3H3. The summed E-state index contributed by atoms with van der Waals surface area (Å²) in [5.74, 6) is 1.92. The molecule has 0 aliphatic heterocycles. The summed E-state index contributed by atoms with van der Waals surface area (Å²) >= 11 is 0. The van der Waals surface area contributed by atoms with Crippen LogP contribution in [0.5, 0.6) is 0 Å². The van der Waals surface area contributed by atoms with Crippen LogP contribution < -0.4 is 5.32 Å². The molecule has 20 heavy (non-hydrogen) atoms. The maximum absolute atomic E-state index is 3.91. The predicted molar refractivity (Wildman–Crippen MR) is 89.0 cm³/mol. The van der Waals surface area contributed by atoms with Crippen LogP contribution in [0.2, 0.25) is 0 Å². The Labute approximate surface area is 127 Å². The molecule has 0 unspecified atom stereocenters. The minimum atomic E-state index is 0.526. The molecule has 0 radical (unpaired) electrons. The van der Waals surface area contributed by atoms with Crippen LogP contribution in [0.4, 0.5) is 0 Å². The fourth-order valence-electron chi connectivity index (χ4n) is 4.23. The molecule has 1 N–H and O–H groups in total. The molecule has 0 heterocycles. The molecule has 0 bridgehead atoms. The molecule has 1 heteroatoms. The lowest BCUT2D eigenvalue weighted by atomic mass is 9.70. The van der Waals surface area contributed by atoms with Gasteiger partial charge in [-0.15, -0.1) is 0 Å². The van der Waals surface area contributed by atoms with E-state index in [9.17, 15) is 0 Å². The van der Waals surface area contributed by atoms with Crippen LogP contribution in [0.3, 0.4) is 0 Å². The third-order valence-corrected chi connectivity index (χ3v) is 5.87. The highest BCUT2D eigenvalue weighted by atomic mass is 14.9. The molecule has 0 aromatic heterocycles. The Morgan fingerprint density at radius 2 is 1.30 bits per heavy atom. The van der Waals surface area contributed by atoms with Crippen LogP contribution in [0, 0.1) is 17.3 Å². The Morgan fingerprint density at radius 1 is 0.750 bits per heavy atom. The second-order valence-electron chi connectivity index (χ2n) is 8.53. The lowest BCUT2D eigenvalue weighted by molar-refractivity contribution is 0.147. The summed E-state index contributed by atoms with van der Waals surface area (Å²) in [6, 6.07) is 0.829. The average molecular weight is 280 g/mol. The minimum absolute atomic E-state index is 0.526. The van der Waals surface area contributed by atoms with Crippen molar-refractivity contribution < 1.29 is 0 Å². The van der Waals surface area contributed by atoms with Crippen molar-refractivity contribution in [3.8, 4) is 0 Å². The number of hydrogen-bond donors (Lipinski definition) is 1. The van der Waals surface area contributed by atoms with Crippen LogP contribution >= 0.6 is 0 Å². The molecule has 2 aliphatic rings. The van der Waals surface area contributed by atoms with E-state index in [2.05, 4.69) is 26.1 Å². The van der Waals surface area contributed by atoms with Gasteiger partial charge < -0.3 is 5.32 Å². The Morgan fingerprint density at radius 3 is 1.85 bits per heavy atom. The van der Waals surface area contributed by atoms with Crippen LogP contribution in [-0.4, -0.2) is 12.6 Å². The topological polar surface area (TPSA) is 12.0 Å². The van der Waals surface area contributed by atoms with E-state index >= 15 is 0 Å². The monoisotopic (exact) mass is 279 g/mol. The first-order valence-corrected chi connectivity index (χ1v) is 9.29. The first kappa shape index (κ1) is 16.3. The van der Waals surface area contributed by atoms with E-state index in [1.165, 1.54) is 77.2 Å². The Kier molecular flexibility index (Phi) is 6.39. The summed E-state index contributed by atoms with van der Waals surface area (Å²) in [6.45, 7) is 8.56. The number of hydrogen-bond acceptors (Lipinski definition) is 1. The molecule has 118 valence electrons. The van der Waals surface area contributed by atoms with Gasteiger partial charge in [0.15, 0.2) is 0 Å². The maximum atomic E-state index is 3.91.